The predicted octanol–water partition coefficient (Wildman–Crippen LogP) is 0.897. The minimum absolute atomic E-state index is 0.187. The third-order valence-corrected chi connectivity index (χ3v) is 3.36. The molecule has 0 spiro atoms. The average Bonchev–Trinajstić information content (AvgIpc) is 2.37. The molecule has 0 amide bonds. The second kappa shape index (κ2) is 5.70. The van der Waals surface area contributed by atoms with Gasteiger partial charge in [0.1, 0.15) is 23.0 Å². The molecular formula is C11H14N6OS. The van der Waals surface area contributed by atoms with Crippen molar-refractivity contribution in [2.45, 2.75) is 23.5 Å². The van der Waals surface area contributed by atoms with Gasteiger partial charge < -0.3 is 16.0 Å². The van der Waals surface area contributed by atoms with Crippen molar-refractivity contribution in [1.29, 1.82) is 0 Å². The molecule has 0 aliphatic rings. The highest BCUT2D eigenvalue weighted by molar-refractivity contribution is 7.99. The Labute approximate surface area is 114 Å². The van der Waals surface area contributed by atoms with E-state index < -0.39 is 0 Å². The van der Waals surface area contributed by atoms with Gasteiger partial charge in [0, 0.05) is 18.7 Å². The first-order valence-electron chi connectivity index (χ1n) is 5.70. The van der Waals surface area contributed by atoms with Crippen LogP contribution >= 0.6 is 11.8 Å². The second-order valence-electron chi connectivity index (χ2n) is 3.69. The Morgan fingerprint density at radius 3 is 2.89 bits per heavy atom. The molecule has 2 heterocycles. The Morgan fingerprint density at radius 2 is 2.26 bits per heavy atom. The normalized spacial score (nSPS) is 10.4. The number of nitrogen functional groups attached to an aromatic ring is 1. The summed E-state index contributed by atoms with van der Waals surface area (Å²) in [5.41, 5.74) is 6.24. The summed E-state index contributed by atoms with van der Waals surface area (Å²) in [5, 5.41) is 4.18. The van der Waals surface area contributed by atoms with Crippen LogP contribution in [0, 0.1) is 0 Å². The topological polar surface area (TPSA) is 110 Å². The van der Waals surface area contributed by atoms with E-state index in [9.17, 15) is 4.79 Å². The van der Waals surface area contributed by atoms with E-state index in [-0.39, 0.29) is 11.4 Å². The average molecular weight is 278 g/mol. The van der Waals surface area contributed by atoms with Gasteiger partial charge in [-0.15, -0.1) is 0 Å². The van der Waals surface area contributed by atoms with Gasteiger partial charge in [0.25, 0.3) is 5.56 Å². The van der Waals surface area contributed by atoms with E-state index in [4.69, 9.17) is 5.73 Å². The molecule has 0 fully saturated rings. The molecule has 0 aliphatic heterocycles. The lowest BCUT2D eigenvalue weighted by atomic mass is 10.2. The van der Waals surface area contributed by atoms with Crippen molar-refractivity contribution in [3.05, 3.63) is 28.3 Å². The molecule has 0 aliphatic carbocycles. The Balaban J connectivity index is 2.40. The van der Waals surface area contributed by atoms with Crippen LogP contribution in [-0.2, 0) is 6.42 Å². The summed E-state index contributed by atoms with van der Waals surface area (Å²) in [6.45, 7) is 2.01. The Bertz CT molecular complexity index is 641. The summed E-state index contributed by atoms with van der Waals surface area (Å²) in [4.78, 5) is 26.4. The summed E-state index contributed by atoms with van der Waals surface area (Å²) < 4.78 is 0. The molecular weight excluding hydrogens is 264 g/mol. The van der Waals surface area contributed by atoms with E-state index in [1.54, 1.807) is 7.05 Å². The van der Waals surface area contributed by atoms with E-state index in [0.29, 0.717) is 5.16 Å². The standard InChI is InChI=1S/C11H14N6OS/c1-3-6-9(13-2)14-5-15-10(6)19-11-16-7(12)4-8(18)17-11/h4-5H,3H2,1-2H3,(H,13,14,15)(H3,12,16,17,18). The van der Waals surface area contributed by atoms with Gasteiger partial charge in [-0.3, -0.25) is 4.79 Å². The van der Waals surface area contributed by atoms with Crippen LogP contribution in [0.2, 0.25) is 0 Å². The van der Waals surface area contributed by atoms with Gasteiger partial charge in [-0.1, -0.05) is 6.92 Å². The van der Waals surface area contributed by atoms with Crippen LogP contribution in [0.15, 0.2) is 27.4 Å². The summed E-state index contributed by atoms with van der Waals surface area (Å²) in [6, 6.07) is 1.24. The lowest BCUT2D eigenvalue weighted by Gasteiger charge is -2.09. The highest BCUT2D eigenvalue weighted by Gasteiger charge is 2.11. The van der Waals surface area contributed by atoms with E-state index in [1.807, 2.05) is 6.92 Å². The molecule has 0 bridgehead atoms. The predicted molar refractivity (Wildman–Crippen MR) is 74.3 cm³/mol. The monoisotopic (exact) mass is 278 g/mol. The zero-order valence-electron chi connectivity index (χ0n) is 10.6. The number of nitrogens with zero attached hydrogens (tertiary/aromatic N) is 3. The number of hydrogen-bond acceptors (Lipinski definition) is 7. The van der Waals surface area contributed by atoms with Crippen LogP contribution in [0.3, 0.4) is 0 Å². The number of nitrogens with two attached hydrogens (primary N) is 1. The molecule has 0 saturated heterocycles. The van der Waals surface area contributed by atoms with Crippen LogP contribution < -0.4 is 16.6 Å². The number of aromatic nitrogens is 4. The van der Waals surface area contributed by atoms with Gasteiger partial charge in [-0.25, -0.2) is 15.0 Å². The fourth-order valence-electron chi connectivity index (χ4n) is 1.61. The Morgan fingerprint density at radius 1 is 1.47 bits per heavy atom. The lowest BCUT2D eigenvalue weighted by Crippen LogP contribution is -2.10. The molecule has 2 aromatic rings. The molecule has 2 aromatic heterocycles. The Kier molecular flexibility index (Phi) is 4.00. The number of rotatable bonds is 4. The third kappa shape index (κ3) is 3.02. The fourth-order valence-corrected chi connectivity index (χ4v) is 2.56. The minimum Gasteiger partial charge on any atom is -0.383 e. The van der Waals surface area contributed by atoms with Crippen LogP contribution in [0.1, 0.15) is 12.5 Å². The van der Waals surface area contributed by atoms with Crippen LogP contribution in [-0.4, -0.2) is 27.0 Å². The lowest BCUT2D eigenvalue weighted by molar-refractivity contribution is 0.915. The smallest absolute Gasteiger partial charge is 0.253 e. The van der Waals surface area contributed by atoms with Crippen molar-refractivity contribution in [1.82, 2.24) is 19.9 Å². The highest BCUT2D eigenvalue weighted by Crippen LogP contribution is 2.28. The molecule has 0 unspecified atom stereocenters. The van der Waals surface area contributed by atoms with Crippen LogP contribution in [0.5, 0.6) is 0 Å². The van der Waals surface area contributed by atoms with Gasteiger partial charge in [-0.05, 0) is 18.2 Å². The molecule has 8 heteroatoms. The maximum Gasteiger partial charge on any atom is 0.253 e. The molecule has 0 aromatic carbocycles. The molecule has 2 rings (SSSR count). The molecule has 0 saturated carbocycles. The number of aromatic amines is 1. The molecule has 4 N–H and O–H groups in total. The largest absolute Gasteiger partial charge is 0.383 e. The summed E-state index contributed by atoms with van der Waals surface area (Å²) in [5.74, 6) is 0.957. The molecule has 0 atom stereocenters. The maximum atomic E-state index is 11.3. The SMILES string of the molecule is CCc1c(NC)ncnc1Sc1nc(N)cc(=O)[nH]1. The highest BCUT2D eigenvalue weighted by atomic mass is 32.2. The van der Waals surface area contributed by atoms with E-state index in [1.165, 1.54) is 24.2 Å². The second-order valence-corrected chi connectivity index (χ2v) is 4.66. The Hall–Kier alpha value is -2.09. The van der Waals surface area contributed by atoms with Crippen molar-refractivity contribution in [3.8, 4) is 0 Å². The molecule has 19 heavy (non-hydrogen) atoms. The van der Waals surface area contributed by atoms with Gasteiger partial charge in [0.15, 0.2) is 5.16 Å². The molecule has 7 nitrogen and oxygen atoms in total. The van der Waals surface area contributed by atoms with Crippen molar-refractivity contribution >= 4 is 23.4 Å². The van der Waals surface area contributed by atoms with Crippen molar-refractivity contribution in [2.24, 2.45) is 0 Å². The summed E-state index contributed by atoms with van der Waals surface area (Å²) in [7, 11) is 1.80. The van der Waals surface area contributed by atoms with E-state index >= 15 is 0 Å². The van der Waals surface area contributed by atoms with Crippen LogP contribution in [0.4, 0.5) is 11.6 Å². The number of hydrogen-bond donors (Lipinski definition) is 3. The number of H-pyrrole nitrogens is 1. The van der Waals surface area contributed by atoms with Crippen LogP contribution in [0.25, 0.3) is 0 Å². The first-order chi connectivity index (χ1) is 9.13. The van der Waals surface area contributed by atoms with E-state index in [2.05, 4.69) is 25.3 Å². The summed E-state index contributed by atoms with van der Waals surface area (Å²) in [6.07, 6.45) is 2.24. The summed E-state index contributed by atoms with van der Waals surface area (Å²) >= 11 is 1.26. The number of nitrogens with one attached hydrogen (secondary N) is 2. The zero-order chi connectivity index (χ0) is 13.8. The van der Waals surface area contributed by atoms with Gasteiger partial charge >= 0.3 is 0 Å². The van der Waals surface area contributed by atoms with Gasteiger partial charge in [0.05, 0.1) is 0 Å². The van der Waals surface area contributed by atoms with E-state index in [0.717, 1.165) is 22.8 Å². The minimum atomic E-state index is -0.282. The first kappa shape index (κ1) is 13.3. The number of anilines is 2. The molecule has 0 radical (unpaired) electrons. The quantitative estimate of drug-likeness (QED) is 0.563. The van der Waals surface area contributed by atoms with Gasteiger partial charge in [-0.2, -0.15) is 0 Å². The van der Waals surface area contributed by atoms with Crippen molar-refractivity contribution < 1.29 is 0 Å². The fraction of sp³-hybridized carbons (Fsp3) is 0.273. The maximum absolute atomic E-state index is 11.3. The zero-order valence-corrected chi connectivity index (χ0v) is 11.4. The van der Waals surface area contributed by atoms with Gasteiger partial charge in [0.2, 0.25) is 0 Å². The van der Waals surface area contributed by atoms with Crippen molar-refractivity contribution in [3.63, 3.8) is 0 Å². The first-order valence-corrected chi connectivity index (χ1v) is 6.52. The third-order valence-electron chi connectivity index (χ3n) is 2.43. The molecule has 100 valence electrons. The van der Waals surface area contributed by atoms with Crippen molar-refractivity contribution in [2.75, 3.05) is 18.1 Å².